The van der Waals surface area contributed by atoms with Crippen LogP contribution >= 0.6 is 24.0 Å². The highest BCUT2D eigenvalue weighted by Gasteiger charge is 2.11. The summed E-state index contributed by atoms with van der Waals surface area (Å²) in [5.41, 5.74) is 1.97. The fraction of sp³-hybridized carbons (Fsp3) is 0.455. The second kappa shape index (κ2) is 12.5. The maximum atomic E-state index is 5.77. The maximum absolute atomic E-state index is 5.77. The fourth-order valence-corrected chi connectivity index (χ4v) is 3.10. The van der Waals surface area contributed by atoms with Gasteiger partial charge in [0.25, 0.3) is 0 Å². The molecule has 0 amide bonds. The molecule has 0 spiro atoms. The molecule has 164 valence electrons. The maximum Gasteiger partial charge on any atom is 0.196 e. The number of nitrogens with one attached hydrogen (secondary N) is 2. The number of nitrogens with zero attached hydrogens (tertiary/aromatic N) is 3. The molecule has 3 rings (SSSR count). The van der Waals surface area contributed by atoms with Gasteiger partial charge in [0.1, 0.15) is 5.82 Å². The Balaban J connectivity index is 0.00000320. The Hall–Kier alpha value is -2.23. The van der Waals surface area contributed by atoms with Gasteiger partial charge in [-0.15, -0.1) is 24.0 Å². The van der Waals surface area contributed by atoms with E-state index in [1.807, 2.05) is 31.3 Å². The molecule has 30 heavy (non-hydrogen) atoms. The molecular weight excluding hydrogens is 493 g/mol. The number of aromatic nitrogens is 1. The minimum absolute atomic E-state index is 0. The highest BCUT2D eigenvalue weighted by atomic mass is 127. The summed E-state index contributed by atoms with van der Waals surface area (Å²) in [6, 6.07) is 10.0. The van der Waals surface area contributed by atoms with Crippen LogP contribution in [-0.4, -0.2) is 43.8 Å². The van der Waals surface area contributed by atoms with Crippen LogP contribution in [-0.2, 0) is 6.54 Å². The third-order valence-electron chi connectivity index (χ3n) is 4.67. The normalized spacial score (nSPS) is 13.1. The van der Waals surface area contributed by atoms with Gasteiger partial charge in [-0.05, 0) is 44.5 Å². The van der Waals surface area contributed by atoms with Crippen molar-refractivity contribution < 1.29 is 9.47 Å². The molecule has 1 aliphatic heterocycles. The molecule has 0 radical (unpaired) electrons. The third-order valence-corrected chi connectivity index (χ3v) is 4.67. The summed E-state index contributed by atoms with van der Waals surface area (Å²) in [7, 11) is 0. The molecule has 1 aliphatic rings. The first-order valence-electron chi connectivity index (χ1n) is 10.4. The Morgan fingerprint density at radius 2 is 1.83 bits per heavy atom. The molecule has 1 aromatic carbocycles. The molecule has 0 fully saturated rings. The van der Waals surface area contributed by atoms with Crippen LogP contribution in [0.25, 0.3) is 0 Å². The second-order valence-electron chi connectivity index (χ2n) is 6.73. The van der Waals surface area contributed by atoms with Gasteiger partial charge in [0, 0.05) is 44.0 Å². The highest BCUT2D eigenvalue weighted by Crippen LogP contribution is 2.32. The first-order chi connectivity index (χ1) is 14.2. The highest BCUT2D eigenvalue weighted by molar-refractivity contribution is 14.0. The number of halogens is 1. The molecule has 1 aromatic heterocycles. The number of anilines is 2. The van der Waals surface area contributed by atoms with Crippen LogP contribution in [0.4, 0.5) is 11.5 Å². The molecule has 2 N–H and O–H groups in total. The molecule has 0 unspecified atom stereocenters. The zero-order valence-corrected chi connectivity index (χ0v) is 20.3. The Kier molecular flexibility index (Phi) is 9.99. The predicted octanol–water partition coefficient (Wildman–Crippen LogP) is 4.28. The van der Waals surface area contributed by atoms with Gasteiger partial charge in [0.15, 0.2) is 17.5 Å². The SMILES string of the molecule is CCNC(=NCc1ccc(N(CC)CC)nc1)Nc1ccc2c(c1)OCCCO2.I. The topological polar surface area (TPSA) is 71.0 Å². The average Bonchev–Trinajstić information content (AvgIpc) is 2.99. The zero-order valence-electron chi connectivity index (χ0n) is 18.0. The van der Waals surface area contributed by atoms with E-state index in [4.69, 9.17) is 14.5 Å². The van der Waals surface area contributed by atoms with Crippen molar-refractivity contribution in [2.45, 2.75) is 33.7 Å². The summed E-state index contributed by atoms with van der Waals surface area (Å²) in [4.78, 5) is 11.5. The summed E-state index contributed by atoms with van der Waals surface area (Å²) < 4.78 is 11.5. The molecular formula is C22H32IN5O2. The van der Waals surface area contributed by atoms with Gasteiger partial charge in [-0.3, -0.25) is 0 Å². The van der Waals surface area contributed by atoms with Crippen LogP contribution in [0.15, 0.2) is 41.5 Å². The fourth-order valence-electron chi connectivity index (χ4n) is 3.10. The van der Waals surface area contributed by atoms with Crippen molar-refractivity contribution in [3.05, 3.63) is 42.1 Å². The van der Waals surface area contributed by atoms with E-state index < -0.39 is 0 Å². The summed E-state index contributed by atoms with van der Waals surface area (Å²) >= 11 is 0. The second-order valence-corrected chi connectivity index (χ2v) is 6.73. The van der Waals surface area contributed by atoms with Crippen LogP contribution in [0.3, 0.4) is 0 Å². The van der Waals surface area contributed by atoms with Gasteiger partial charge >= 0.3 is 0 Å². The Morgan fingerprint density at radius 3 is 2.50 bits per heavy atom. The monoisotopic (exact) mass is 525 g/mol. The molecule has 8 heteroatoms. The van der Waals surface area contributed by atoms with E-state index in [2.05, 4.69) is 46.5 Å². The van der Waals surface area contributed by atoms with Crippen LogP contribution in [0.2, 0.25) is 0 Å². The molecule has 0 saturated carbocycles. The van der Waals surface area contributed by atoms with E-state index >= 15 is 0 Å². The van der Waals surface area contributed by atoms with Crippen molar-refractivity contribution >= 4 is 41.4 Å². The van der Waals surface area contributed by atoms with Gasteiger partial charge in [0.2, 0.25) is 0 Å². The van der Waals surface area contributed by atoms with Crippen molar-refractivity contribution in [3.8, 4) is 11.5 Å². The molecule has 0 bridgehead atoms. The summed E-state index contributed by atoms with van der Waals surface area (Å²) in [5, 5.41) is 6.62. The van der Waals surface area contributed by atoms with Gasteiger partial charge in [-0.2, -0.15) is 0 Å². The number of hydrogen-bond acceptors (Lipinski definition) is 5. The molecule has 7 nitrogen and oxygen atoms in total. The van der Waals surface area contributed by atoms with Gasteiger partial charge in [-0.25, -0.2) is 9.98 Å². The van der Waals surface area contributed by atoms with E-state index in [0.717, 1.165) is 60.6 Å². The summed E-state index contributed by atoms with van der Waals surface area (Å²) in [5.74, 6) is 3.27. The lowest BCUT2D eigenvalue weighted by Crippen LogP contribution is -2.30. The van der Waals surface area contributed by atoms with Crippen molar-refractivity contribution in [3.63, 3.8) is 0 Å². The quantitative estimate of drug-likeness (QED) is 0.320. The van der Waals surface area contributed by atoms with Crippen LogP contribution in [0, 0.1) is 0 Å². The van der Waals surface area contributed by atoms with Crippen LogP contribution in [0.1, 0.15) is 32.8 Å². The number of benzene rings is 1. The number of rotatable bonds is 7. The summed E-state index contributed by atoms with van der Waals surface area (Å²) in [6.45, 7) is 10.9. The Bertz CT molecular complexity index is 810. The number of hydrogen-bond donors (Lipinski definition) is 2. The first-order valence-corrected chi connectivity index (χ1v) is 10.4. The molecule has 0 atom stereocenters. The number of ether oxygens (including phenoxy) is 2. The number of guanidine groups is 1. The third kappa shape index (κ3) is 6.65. The van der Waals surface area contributed by atoms with E-state index in [1.165, 1.54) is 0 Å². The lowest BCUT2D eigenvalue weighted by molar-refractivity contribution is 0.297. The minimum atomic E-state index is 0. The van der Waals surface area contributed by atoms with E-state index in [1.54, 1.807) is 0 Å². The van der Waals surface area contributed by atoms with Gasteiger partial charge in [0.05, 0.1) is 19.8 Å². The van der Waals surface area contributed by atoms with Gasteiger partial charge < -0.3 is 25.0 Å². The molecule has 2 aromatic rings. The predicted molar refractivity (Wildman–Crippen MR) is 134 cm³/mol. The van der Waals surface area contributed by atoms with Crippen molar-refractivity contribution in [1.29, 1.82) is 0 Å². The number of pyridine rings is 1. The van der Waals surface area contributed by atoms with Gasteiger partial charge in [-0.1, -0.05) is 6.07 Å². The van der Waals surface area contributed by atoms with Crippen molar-refractivity contribution in [2.75, 3.05) is 43.1 Å². The largest absolute Gasteiger partial charge is 0.490 e. The van der Waals surface area contributed by atoms with Crippen molar-refractivity contribution in [2.24, 2.45) is 4.99 Å². The van der Waals surface area contributed by atoms with E-state index in [0.29, 0.717) is 19.8 Å². The first kappa shape index (κ1) is 24.0. The summed E-state index contributed by atoms with van der Waals surface area (Å²) in [6.07, 6.45) is 2.79. The smallest absolute Gasteiger partial charge is 0.196 e. The zero-order chi connectivity index (χ0) is 20.5. The number of aliphatic imine (C=N–C) groups is 1. The van der Waals surface area contributed by atoms with E-state index in [9.17, 15) is 0 Å². The van der Waals surface area contributed by atoms with E-state index in [-0.39, 0.29) is 24.0 Å². The molecule has 2 heterocycles. The average molecular weight is 525 g/mol. The molecule has 0 saturated heterocycles. The Labute approximate surface area is 196 Å². The number of fused-ring (bicyclic) bond motifs is 1. The lowest BCUT2D eigenvalue weighted by atomic mass is 10.2. The minimum Gasteiger partial charge on any atom is -0.490 e. The van der Waals surface area contributed by atoms with Crippen LogP contribution in [0.5, 0.6) is 11.5 Å². The Morgan fingerprint density at radius 1 is 1.07 bits per heavy atom. The molecule has 0 aliphatic carbocycles. The van der Waals surface area contributed by atoms with Crippen molar-refractivity contribution in [1.82, 2.24) is 10.3 Å². The lowest BCUT2D eigenvalue weighted by Gasteiger charge is -2.19. The standard InChI is InChI=1S/C22H31N5O2.HI/c1-4-23-22(25-16-17-8-11-21(24-15-17)27(5-2)6-3)26-18-9-10-19-20(14-18)29-13-7-12-28-19;/h8-11,14-15H,4-7,12-13,16H2,1-3H3,(H2,23,25,26);1H. The van der Waals surface area contributed by atoms with Crippen LogP contribution < -0.4 is 25.0 Å².